The maximum absolute atomic E-state index is 12.0. The number of carbonyl (C=O) groups is 2. The highest BCUT2D eigenvalue weighted by Crippen LogP contribution is 2.16. The van der Waals surface area contributed by atoms with E-state index in [0.29, 0.717) is 17.7 Å². The van der Waals surface area contributed by atoms with Crippen molar-refractivity contribution in [2.45, 2.75) is 38.8 Å². The van der Waals surface area contributed by atoms with Gasteiger partial charge >= 0.3 is 11.9 Å². The van der Waals surface area contributed by atoms with Gasteiger partial charge in [-0.05, 0) is 57.0 Å². The van der Waals surface area contributed by atoms with Gasteiger partial charge in [0.1, 0.15) is 11.8 Å². The second kappa shape index (κ2) is 7.94. The van der Waals surface area contributed by atoms with E-state index in [1.807, 2.05) is 26.8 Å². The molecule has 0 spiro atoms. The highest BCUT2D eigenvalue weighted by atomic mass is 16.5. The molecule has 0 bridgehead atoms. The first-order valence-electron chi connectivity index (χ1n) is 8.11. The fourth-order valence-electron chi connectivity index (χ4n) is 2.39. The maximum Gasteiger partial charge on any atom is 0.343 e. The van der Waals surface area contributed by atoms with Crippen LogP contribution in [0.3, 0.4) is 0 Å². The van der Waals surface area contributed by atoms with E-state index in [-0.39, 0.29) is 5.54 Å². The average Bonchev–Trinajstić information content (AvgIpc) is 2.55. The van der Waals surface area contributed by atoms with Crippen molar-refractivity contribution in [3.05, 3.63) is 65.7 Å². The molecule has 0 aliphatic rings. The van der Waals surface area contributed by atoms with Gasteiger partial charge in [-0.1, -0.05) is 30.3 Å². The number of carboxylic acid groups (broad SMARTS) is 1. The number of ether oxygens (including phenoxy) is 1. The van der Waals surface area contributed by atoms with Crippen molar-refractivity contribution >= 4 is 11.9 Å². The number of benzene rings is 2. The number of aliphatic carboxylic acids is 1. The molecule has 1 atom stereocenters. The first-order valence-corrected chi connectivity index (χ1v) is 8.11. The van der Waals surface area contributed by atoms with E-state index in [2.05, 4.69) is 5.32 Å². The van der Waals surface area contributed by atoms with Crippen LogP contribution in [-0.2, 0) is 11.2 Å². The van der Waals surface area contributed by atoms with E-state index in [1.165, 1.54) is 0 Å². The lowest BCUT2D eigenvalue weighted by atomic mass is 10.0. The molecule has 0 aromatic heterocycles. The lowest BCUT2D eigenvalue weighted by molar-refractivity contribution is -0.140. The molecule has 5 heteroatoms. The lowest BCUT2D eigenvalue weighted by Crippen LogP contribution is -2.48. The number of esters is 1. The first kappa shape index (κ1) is 18.7. The number of carbonyl (C=O) groups excluding carboxylic acids is 1. The van der Waals surface area contributed by atoms with Crippen molar-refractivity contribution in [2.75, 3.05) is 0 Å². The van der Waals surface area contributed by atoms with Crippen molar-refractivity contribution in [3.63, 3.8) is 0 Å². The summed E-state index contributed by atoms with van der Waals surface area (Å²) in [5.74, 6) is -0.895. The number of rotatable bonds is 6. The van der Waals surface area contributed by atoms with Crippen molar-refractivity contribution in [3.8, 4) is 5.75 Å². The molecule has 132 valence electrons. The molecule has 2 rings (SSSR count). The standard InChI is InChI=1S/C20H23NO4/c1-20(2,3)21-17(18(22)23)13-14-9-11-16(12-10-14)25-19(24)15-7-5-4-6-8-15/h4-12,17,21H,13H2,1-3H3,(H,22,23)/t17-/m0/s1. The molecule has 0 saturated heterocycles. The van der Waals surface area contributed by atoms with Crippen molar-refractivity contribution in [1.82, 2.24) is 5.32 Å². The van der Waals surface area contributed by atoms with Gasteiger partial charge in [0.2, 0.25) is 0 Å². The van der Waals surface area contributed by atoms with Crippen LogP contribution in [0.2, 0.25) is 0 Å². The molecule has 0 fully saturated rings. The maximum atomic E-state index is 12.0. The molecular weight excluding hydrogens is 318 g/mol. The van der Waals surface area contributed by atoms with Gasteiger partial charge in [0.05, 0.1) is 5.56 Å². The van der Waals surface area contributed by atoms with Crippen LogP contribution in [0, 0.1) is 0 Å². The fourth-order valence-corrected chi connectivity index (χ4v) is 2.39. The zero-order valence-corrected chi connectivity index (χ0v) is 14.7. The van der Waals surface area contributed by atoms with Crippen molar-refractivity contribution in [1.29, 1.82) is 0 Å². The normalized spacial score (nSPS) is 12.4. The first-order chi connectivity index (χ1) is 11.7. The smallest absolute Gasteiger partial charge is 0.343 e. The Balaban J connectivity index is 2.01. The Morgan fingerprint density at radius 3 is 2.16 bits per heavy atom. The van der Waals surface area contributed by atoms with Gasteiger partial charge in [-0.3, -0.25) is 10.1 Å². The molecule has 2 aromatic carbocycles. The fraction of sp³-hybridized carbons (Fsp3) is 0.300. The summed E-state index contributed by atoms with van der Waals surface area (Å²) in [5, 5.41) is 12.5. The topological polar surface area (TPSA) is 75.6 Å². The van der Waals surface area contributed by atoms with Gasteiger partial charge in [0.15, 0.2) is 0 Å². The van der Waals surface area contributed by atoms with Gasteiger partial charge in [-0.25, -0.2) is 4.79 Å². The SMILES string of the molecule is CC(C)(C)N[C@@H](Cc1ccc(OC(=O)c2ccccc2)cc1)C(=O)O. The molecular formula is C20H23NO4. The summed E-state index contributed by atoms with van der Waals surface area (Å²) >= 11 is 0. The van der Waals surface area contributed by atoms with Crippen LogP contribution in [0.5, 0.6) is 5.75 Å². The largest absolute Gasteiger partial charge is 0.480 e. The van der Waals surface area contributed by atoms with E-state index in [9.17, 15) is 14.7 Å². The quantitative estimate of drug-likeness (QED) is 0.623. The Hall–Kier alpha value is -2.66. The average molecular weight is 341 g/mol. The van der Waals surface area contributed by atoms with E-state index < -0.39 is 18.0 Å². The van der Waals surface area contributed by atoms with Crippen LogP contribution in [-0.4, -0.2) is 28.6 Å². The molecule has 0 amide bonds. The Morgan fingerprint density at radius 1 is 1.04 bits per heavy atom. The third-order valence-corrected chi connectivity index (χ3v) is 3.49. The molecule has 2 N–H and O–H groups in total. The number of hydrogen-bond donors (Lipinski definition) is 2. The molecule has 0 radical (unpaired) electrons. The highest BCUT2D eigenvalue weighted by Gasteiger charge is 2.23. The van der Waals surface area contributed by atoms with Crippen LogP contribution >= 0.6 is 0 Å². The summed E-state index contributed by atoms with van der Waals surface area (Å²) in [5.41, 5.74) is 1.03. The molecule has 25 heavy (non-hydrogen) atoms. The van der Waals surface area contributed by atoms with Crippen molar-refractivity contribution < 1.29 is 19.4 Å². The van der Waals surface area contributed by atoms with Crippen LogP contribution in [0.25, 0.3) is 0 Å². The molecule has 0 aliphatic carbocycles. The highest BCUT2D eigenvalue weighted by molar-refractivity contribution is 5.90. The second-order valence-corrected chi connectivity index (χ2v) is 6.89. The summed E-state index contributed by atoms with van der Waals surface area (Å²) in [6, 6.07) is 15.0. The minimum atomic E-state index is -0.894. The Kier molecular flexibility index (Phi) is 5.93. The van der Waals surface area contributed by atoms with Gasteiger partial charge in [-0.2, -0.15) is 0 Å². The van der Waals surface area contributed by atoms with E-state index >= 15 is 0 Å². The number of hydrogen-bond acceptors (Lipinski definition) is 4. The Labute approximate surface area is 147 Å². The molecule has 5 nitrogen and oxygen atoms in total. The number of carboxylic acids is 1. The van der Waals surface area contributed by atoms with Crippen LogP contribution in [0.1, 0.15) is 36.7 Å². The summed E-state index contributed by atoms with van der Waals surface area (Å²) < 4.78 is 5.32. The number of nitrogens with one attached hydrogen (secondary N) is 1. The van der Waals surface area contributed by atoms with Gasteiger partial charge in [0, 0.05) is 5.54 Å². The predicted molar refractivity (Wildman–Crippen MR) is 95.9 cm³/mol. The molecule has 2 aromatic rings. The molecule has 0 heterocycles. The summed E-state index contributed by atoms with van der Waals surface area (Å²) in [7, 11) is 0. The Bertz CT molecular complexity index is 718. The van der Waals surface area contributed by atoms with Gasteiger partial charge in [-0.15, -0.1) is 0 Å². The summed E-state index contributed by atoms with van der Waals surface area (Å²) in [6.45, 7) is 5.78. The minimum Gasteiger partial charge on any atom is -0.480 e. The zero-order valence-electron chi connectivity index (χ0n) is 14.7. The van der Waals surface area contributed by atoms with E-state index in [0.717, 1.165) is 5.56 Å². The van der Waals surface area contributed by atoms with Crippen molar-refractivity contribution in [2.24, 2.45) is 0 Å². The van der Waals surface area contributed by atoms with Crippen LogP contribution in [0.15, 0.2) is 54.6 Å². The third-order valence-electron chi connectivity index (χ3n) is 3.49. The second-order valence-electron chi connectivity index (χ2n) is 6.89. The van der Waals surface area contributed by atoms with Crippen LogP contribution < -0.4 is 10.1 Å². The molecule has 0 saturated carbocycles. The van der Waals surface area contributed by atoms with Gasteiger partial charge in [0.25, 0.3) is 0 Å². The lowest BCUT2D eigenvalue weighted by Gasteiger charge is -2.26. The van der Waals surface area contributed by atoms with Gasteiger partial charge < -0.3 is 9.84 Å². The summed E-state index contributed by atoms with van der Waals surface area (Å²) in [6.07, 6.45) is 0.347. The zero-order chi connectivity index (χ0) is 18.4. The summed E-state index contributed by atoms with van der Waals surface area (Å²) in [4.78, 5) is 23.4. The molecule has 0 aliphatic heterocycles. The van der Waals surface area contributed by atoms with E-state index in [4.69, 9.17) is 4.74 Å². The Morgan fingerprint density at radius 2 is 1.64 bits per heavy atom. The molecule has 0 unspecified atom stereocenters. The van der Waals surface area contributed by atoms with E-state index in [1.54, 1.807) is 48.5 Å². The third kappa shape index (κ3) is 6.04. The minimum absolute atomic E-state index is 0.297. The predicted octanol–water partition coefficient (Wildman–Crippen LogP) is 3.29. The van der Waals surface area contributed by atoms with Crippen LogP contribution in [0.4, 0.5) is 0 Å². The monoisotopic (exact) mass is 341 g/mol.